The van der Waals surface area contributed by atoms with Crippen LogP contribution in [-0.4, -0.2) is 45.5 Å². The Hall–Kier alpha value is -3.27. The second kappa shape index (κ2) is 10.1. The molecule has 0 radical (unpaired) electrons. The highest BCUT2D eigenvalue weighted by atomic mass is 32.2. The lowest BCUT2D eigenvalue weighted by Crippen LogP contribution is -2.35. The van der Waals surface area contributed by atoms with Gasteiger partial charge in [-0.05, 0) is 54.1 Å². The average molecular weight is 470 g/mol. The van der Waals surface area contributed by atoms with Crippen LogP contribution in [0.4, 0.5) is 15.8 Å². The molecule has 3 aromatic rings. The zero-order valence-electron chi connectivity index (χ0n) is 17.8. The minimum Gasteiger partial charge on any atom is -0.379 e. The fraction of sp³-hybridized carbons (Fsp3) is 0.208. The minimum absolute atomic E-state index is 0.0742. The maximum atomic E-state index is 13.8. The zero-order valence-corrected chi connectivity index (χ0v) is 18.6. The minimum atomic E-state index is -3.99. The van der Waals surface area contributed by atoms with E-state index in [1.54, 1.807) is 6.07 Å². The number of morpholine rings is 1. The van der Waals surface area contributed by atoms with E-state index in [0.717, 1.165) is 38.4 Å². The molecule has 33 heavy (non-hydrogen) atoms. The monoisotopic (exact) mass is 469 g/mol. The van der Waals surface area contributed by atoms with Gasteiger partial charge in [0.25, 0.3) is 15.9 Å². The largest absolute Gasteiger partial charge is 0.379 e. The van der Waals surface area contributed by atoms with Gasteiger partial charge in [-0.3, -0.25) is 14.4 Å². The molecule has 172 valence electrons. The summed E-state index contributed by atoms with van der Waals surface area (Å²) in [4.78, 5) is 14.9. The SMILES string of the molecule is O=C(Nc1cccc(CN2CCOCC2)c1)c1ccc(S(=O)(=O)Nc2ccccc2F)cc1. The van der Waals surface area contributed by atoms with Gasteiger partial charge in [0.1, 0.15) is 5.82 Å². The summed E-state index contributed by atoms with van der Waals surface area (Å²) >= 11 is 0. The Kier molecular flexibility index (Phi) is 7.02. The van der Waals surface area contributed by atoms with Crippen molar-refractivity contribution in [1.82, 2.24) is 4.90 Å². The summed E-state index contributed by atoms with van der Waals surface area (Å²) in [5, 5.41) is 2.84. The van der Waals surface area contributed by atoms with E-state index in [1.165, 1.54) is 48.5 Å². The van der Waals surface area contributed by atoms with Gasteiger partial charge in [-0.25, -0.2) is 12.8 Å². The lowest BCUT2D eigenvalue weighted by atomic mass is 10.1. The van der Waals surface area contributed by atoms with Crippen LogP contribution in [0.2, 0.25) is 0 Å². The Balaban J connectivity index is 1.41. The molecule has 3 aromatic carbocycles. The number of hydrogen-bond donors (Lipinski definition) is 2. The Morgan fingerprint density at radius 3 is 2.42 bits per heavy atom. The summed E-state index contributed by atoms with van der Waals surface area (Å²) in [5.74, 6) is -1.03. The van der Waals surface area contributed by atoms with E-state index >= 15 is 0 Å². The van der Waals surface area contributed by atoms with Crippen LogP contribution in [0.5, 0.6) is 0 Å². The van der Waals surface area contributed by atoms with E-state index in [9.17, 15) is 17.6 Å². The molecule has 1 amide bonds. The molecule has 1 aliphatic heterocycles. The molecule has 1 fully saturated rings. The van der Waals surface area contributed by atoms with E-state index in [4.69, 9.17) is 4.74 Å². The molecule has 0 unspecified atom stereocenters. The fourth-order valence-corrected chi connectivity index (χ4v) is 4.57. The summed E-state index contributed by atoms with van der Waals surface area (Å²) < 4.78 is 46.4. The number of hydrogen-bond acceptors (Lipinski definition) is 5. The third-order valence-corrected chi connectivity index (χ3v) is 6.62. The average Bonchev–Trinajstić information content (AvgIpc) is 2.81. The van der Waals surface area contributed by atoms with Gasteiger partial charge in [0.05, 0.1) is 23.8 Å². The maximum Gasteiger partial charge on any atom is 0.261 e. The molecule has 2 N–H and O–H groups in total. The van der Waals surface area contributed by atoms with Gasteiger partial charge < -0.3 is 10.1 Å². The van der Waals surface area contributed by atoms with E-state index in [1.807, 2.05) is 18.2 Å². The summed E-state index contributed by atoms with van der Waals surface area (Å²) in [6.07, 6.45) is 0. The van der Waals surface area contributed by atoms with Crippen molar-refractivity contribution in [2.45, 2.75) is 11.4 Å². The third kappa shape index (κ3) is 5.95. The predicted octanol–water partition coefficient (Wildman–Crippen LogP) is 3.71. The van der Waals surface area contributed by atoms with E-state index in [-0.39, 0.29) is 16.5 Å². The van der Waals surface area contributed by atoms with E-state index in [2.05, 4.69) is 14.9 Å². The number of para-hydroxylation sites is 1. The Morgan fingerprint density at radius 2 is 1.70 bits per heavy atom. The summed E-state index contributed by atoms with van der Waals surface area (Å²) in [7, 11) is -3.99. The number of ether oxygens (including phenoxy) is 1. The molecule has 0 spiro atoms. The standard InChI is InChI=1S/C24H24FN3O4S/c25-22-6-1-2-7-23(22)27-33(30,31)21-10-8-19(9-11-21)24(29)26-20-5-3-4-18(16-20)17-28-12-14-32-15-13-28/h1-11,16,27H,12-15,17H2,(H,26,29). The fourth-order valence-electron chi connectivity index (χ4n) is 3.50. The molecular formula is C24H24FN3O4S. The molecule has 1 aliphatic rings. The number of amides is 1. The first kappa shape index (κ1) is 22.9. The van der Waals surface area contributed by atoms with Crippen LogP contribution in [0.3, 0.4) is 0 Å². The molecule has 1 saturated heterocycles. The Morgan fingerprint density at radius 1 is 0.970 bits per heavy atom. The highest BCUT2D eigenvalue weighted by molar-refractivity contribution is 7.92. The number of carbonyl (C=O) groups excluding carboxylic acids is 1. The molecule has 0 bridgehead atoms. The first-order valence-corrected chi connectivity index (χ1v) is 12.0. The van der Waals surface area contributed by atoms with Crippen molar-refractivity contribution in [2.24, 2.45) is 0 Å². The van der Waals surface area contributed by atoms with Gasteiger partial charge >= 0.3 is 0 Å². The van der Waals surface area contributed by atoms with Crippen LogP contribution in [0.25, 0.3) is 0 Å². The summed E-state index contributed by atoms with van der Waals surface area (Å²) in [6, 6.07) is 18.6. The first-order valence-electron chi connectivity index (χ1n) is 10.5. The Labute approximate surface area is 192 Å². The molecule has 0 aromatic heterocycles. The first-order chi connectivity index (χ1) is 15.9. The molecule has 9 heteroatoms. The van der Waals surface area contributed by atoms with Crippen LogP contribution >= 0.6 is 0 Å². The molecule has 0 saturated carbocycles. The number of carbonyl (C=O) groups is 1. The molecular weight excluding hydrogens is 445 g/mol. The van der Waals surface area contributed by atoms with Gasteiger partial charge in [0.2, 0.25) is 0 Å². The zero-order chi connectivity index (χ0) is 23.3. The number of rotatable bonds is 7. The van der Waals surface area contributed by atoms with E-state index in [0.29, 0.717) is 11.3 Å². The third-order valence-electron chi connectivity index (χ3n) is 5.24. The van der Waals surface area contributed by atoms with Crippen LogP contribution in [0.15, 0.2) is 77.7 Å². The van der Waals surface area contributed by atoms with Crippen molar-refractivity contribution in [1.29, 1.82) is 0 Å². The molecule has 7 nitrogen and oxygen atoms in total. The number of anilines is 2. The van der Waals surface area contributed by atoms with Crippen molar-refractivity contribution in [3.05, 3.63) is 89.7 Å². The predicted molar refractivity (Wildman–Crippen MR) is 124 cm³/mol. The van der Waals surface area contributed by atoms with E-state index < -0.39 is 15.8 Å². The van der Waals surface area contributed by atoms with Crippen molar-refractivity contribution < 1.29 is 22.3 Å². The molecule has 0 aliphatic carbocycles. The molecule has 0 atom stereocenters. The number of sulfonamides is 1. The number of halogens is 1. The van der Waals surface area contributed by atoms with Gasteiger partial charge in [-0.2, -0.15) is 0 Å². The molecule has 4 rings (SSSR count). The van der Waals surface area contributed by atoms with Gasteiger partial charge in [0, 0.05) is 30.9 Å². The topological polar surface area (TPSA) is 87.7 Å². The quantitative estimate of drug-likeness (QED) is 0.551. The van der Waals surface area contributed by atoms with Crippen molar-refractivity contribution in [3.63, 3.8) is 0 Å². The molecule has 1 heterocycles. The van der Waals surface area contributed by atoms with Crippen molar-refractivity contribution in [3.8, 4) is 0 Å². The second-order valence-electron chi connectivity index (χ2n) is 7.65. The Bertz CT molecular complexity index is 1230. The van der Waals surface area contributed by atoms with Crippen LogP contribution < -0.4 is 10.0 Å². The van der Waals surface area contributed by atoms with Crippen molar-refractivity contribution in [2.75, 3.05) is 36.3 Å². The lowest BCUT2D eigenvalue weighted by Gasteiger charge is -2.26. The van der Waals surface area contributed by atoms with Gasteiger partial charge in [-0.1, -0.05) is 24.3 Å². The van der Waals surface area contributed by atoms with Crippen LogP contribution in [-0.2, 0) is 21.3 Å². The summed E-state index contributed by atoms with van der Waals surface area (Å²) in [6.45, 7) is 3.96. The second-order valence-corrected chi connectivity index (χ2v) is 9.34. The lowest BCUT2D eigenvalue weighted by molar-refractivity contribution is 0.0342. The maximum absolute atomic E-state index is 13.8. The van der Waals surface area contributed by atoms with Gasteiger partial charge in [0.15, 0.2) is 0 Å². The van der Waals surface area contributed by atoms with Gasteiger partial charge in [-0.15, -0.1) is 0 Å². The number of nitrogens with zero attached hydrogens (tertiary/aromatic N) is 1. The van der Waals surface area contributed by atoms with Crippen molar-refractivity contribution >= 4 is 27.3 Å². The van der Waals surface area contributed by atoms with Crippen LogP contribution in [0, 0.1) is 5.82 Å². The number of nitrogens with one attached hydrogen (secondary N) is 2. The highest BCUT2D eigenvalue weighted by Crippen LogP contribution is 2.20. The smallest absolute Gasteiger partial charge is 0.261 e. The highest BCUT2D eigenvalue weighted by Gasteiger charge is 2.17. The number of benzene rings is 3. The normalized spacial score (nSPS) is 14.6. The van der Waals surface area contributed by atoms with Crippen LogP contribution in [0.1, 0.15) is 15.9 Å². The summed E-state index contributed by atoms with van der Waals surface area (Å²) in [5.41, 5.74) is 1.90.